The van der Waals surface area contributed by atoms with Crippen molar-refractivity contribution in [2.75, 3.05) is 0 Å². The molecule has 0 radical (unpaired) electrons. The van der Waals surface area contributed by atoms with E-state index < -0.39 is 6.04 Å². The molecule has 1 amide bonds. The van der Waals surface area contributed by atoms with Crippen LogP contribution >= 0.6 is 27.3 Å². The average Bonchev–Trinajstić information content (AvgIpc) is 2.81. The van der Waals surface area contributed by atoms with Crippen LogP contribution in [0.5, 0.6) is 0 Å². The van der Waals surface area contributed by atoms with Gasteiger partial charge in [-0.25, -0.2) is 4.98 Å². The molecule has 0 saturated heterocycles. The molecular formula is C14H12BrN3OS. The number of carbonyl (C=O) groups is 1. The third kappa shape index (κ3) is 3.89. The van der Waals surface area contributed by atoms with E-state index in [2.05, 4.69) is 32.3 Å². The van der Waals surface area contributed by atoms with Gasteiger partial charge >= 0.3 is 0 Å². The molecule has 2 aromatic rings. The summed E-state index contributed by atoms with van der Waals surface area (Å²) in [5, 5.41) is 14.7. The Morgan fingerprint density at radius 2 is 2.40 bits per heavy atom. The maximum absolute atomic E-state index is 11.9. The van der Waals surface area contributed by atoms with Crippen LogP contribution in [0.2, 0.25) is 0 Å². The van der Waals surface area contributed by atoms with Gasteiger partial charge in [0.2, 0.25) is 5.91 Å². The number of aromatic nitrogens is 1. The first-order valence-corrected chi connectivity index (χ1v) is 7.61. The van der Waals surface area contributed by atoms with Gasteiger partial charge in [-0.2, -0.15) is 5.26 Å². The van der Waals surface area contributed by atoms with E-state index in [9.17, 15) is 10.1 Å². The van der Waals surface area contributed by atoms with Crippen molar-refractivity contribution in [3.8, 4) is 6.07 Å². The Morgan fingerprint density at radius 3 is 3.00 bits per heavy atom. The van der Waals surface area contributed by atoms with E-state index in [1.54, 1.807) is 0 Å². The van der Waals surface area contributed by atoms with Crippen LogP contribution in [0.1, 0.15) is 22.3 Å². The summed E-state index contributed by atoms with van der Waals surface area (Å²) in [4.78, 5) is 16.2. The van der Waals surface area contributed by atoms with Gasteiger partial charge in [-0.15, -0.1) is 11.3 Å². The van der Waals surface area contributed by atoms with Crippen molar-refractivity contribution in [1.29, 1.82) is 5.26 Å². The standard InChI is InChI=1S/C14H12BrN3OS/c1-9-17-12(8-20-9)6-14(19)18-13(7-16)10-3-2-4-11(15)5-10/h2-5,8,13H,6H2,1H3,(H,18,19). The predicted octanol–water partition coefficient (Wildman–Crippen LogP) is 3.14. The molecule has 0 spiro atoms. The van der Waals surface area contributed by atoms with E-state index >= 15 is 0 Å². The van der Waals surface area contributed by atoms with Gasteiger partial charge in [0.15, 0.2) is 0 Å². The molecule has 0 saturated carbocycles. The van der Waals surface area contributed by atoms with E-state index in [1.165, 1.54) is 11.3 Å². The van der Waals surface area contributed by atoms with Gasteiger partial charge in [0, 0.05) is 9.85 Å². The van der Waals surface area contributed by atoms with Crippen molar-refractivity contribution in [3.05, 3.63) is 50.4 Å². The lowest BCUT2D eigenvalue weighted by molar-refractivity contribution is -0.120. The van der Waals surface area contributed by atoms with E-state index in [1.807, 2.05) is 36.6 Å². The minimum Gasteiger partial charge on any atom is -0.336 e. The average molecular weight is 350 g/mol. The highest BCUT2D eigenvalue weighted by molar-refractivity contribution is 9.10. The van der Waals surface area contributed by atoms with Crippen molar-refractivity contribution in [2.45, 2.75) is 19.4 Å². The van der Waals surface area contributed by atoms with Crippen molar-refractivity contribution in [3.63, 3.8) is 0 Å². The number of thiazole rings is 1. The fourth-order valence-corrected chi connectivity index (χ4v) is 2.77. The Kier molecular flexibility index (Phi) is 4.88. The third-order valence-electron chi connectivity index (χ3n) is 2.62. The maximum atomic E-state index is 11.9. The van der Waals surface area contributed by atoms with Crippen LogP contribution in [0, 0.1) is 18.3 Å². The molecule has 2 rings (SSSR count). The number of hydrogen-bond acceptors (Lipinski definition) is 4. The van der Waals surface area contributed by atoms with Crippen LogP contribution < -0.4 is 5.32 Å². The van der Waals surface area contributed by atoms with E-state index in [0.717, 1.165) is 20.7 Å². The van der Waals surface area contributed by atoms with Crippen molar-refractivity contribution < 1.29 is 4.79 Å². The fraction of sp³-hybridized carbons (Fsp3) is 0.214. The Hall–Kier alpha value is -1.71. The quantitative estimate of drug-likeness (QED) is 0.921. The third-order valence-corrected chi connectivity index (χ3v) is 3.94. The smallest absolute Gasteiger partial charge is 0.227 e. The highest BCUT2D eigenvalue weighted by Gasteiger charge is 2.15. The second kappa shape index (κ2) is 6.64. The summed E-state index contributed by atoms with van der Waals surface area (Å²) in [7, 11) is 0. The topological polar surface area (TPSA) is 65.8 Å². The van der Waals surface area contributed by atoms with Gasteiger partial charge in [-0.1, -0.05) is 28.1 Å². The molecule has 0 aliphatic carbocycles. The van der Waals surface area contributed by atoms with Gasteiger partial charge in [0.25, 0.3) is 0 Å². The SMILES string of the molecule is Cc1nc(CC(=O)NC(C#N)c2cccc(Br)c2)cs1. The minimum atomic E-state index is -0.653. The number of rotatable bonds is 4. The largest absolute Gasteiger partial charge is 0.336 e. The lowest BCUT2D eigenvalue weighted by atomic mass is 10.1. The highest BCUT2D eigenvalue weighted by atomic mass is 79.9. The lowest BCUT2D eigenvalue weighted by Gasteiger charge is -2.11. The molecule has 1 unspecified atom stereocenters. The van der Waals surface area contributed by atoms with Gasteiger partial charge in [-0.05, 0) is 24.6 Å². The molecule has 6 heteroatoms. The molecule has 1 atom stereocenters. The Balaban J connectivity index is 2.03. The Bertz CT molecular complexity index is 662. The van der Waals surface area contributed by atoms with Gasteiger partial charge in [0.1, 0.15) is 6.04 Å². The summed E-state index contributed by atoms with van der Waals surface area (Å²) >= 11 is 4.86. The summed E-state index contributed by atoms with van der Waals surface area (Å²) in [6, 6.07) is 8.78. The van der Waals surface area contributed by atoms with Crippen LogP contribution in [0.25, 0.3) is 0 Å². The first kappa shape index (κ1) is 14.7. The zero-order valence-electron chi connectivity index (χ0n) is 10.8. The number of nitrogens with zero attached hydrogens (tertiary/aromatic N) is 2. The van der Waals surface area contributed by atoms with Crippen molar-refractivity contribution >= 4 is 33.2 Å². The Labute approximate surface area is 129 Å². The maximum Gasteiger partial charge on any atom is 0.227 e. The lowest BCUT2D eigenvalue weighted by Crippen LogP contribution is -2.29. The molecule has 1 aromatic carbocycles. The van der Waals surface area contributed by atoms with Crippen LogP contribution in [0.15, 0.2) is 34.1 Å². The summed E-state index contributed by atoms with van der Waals surface area (Å²) in [6.07, 6.45) is 0.191. The first-order valence-electron chi connectivity index (χ1n) is 5.94. The Morgan fingerprint density at radius 1 is 1.60 bits per heavy atom. The number of halogens is 1. The number of amides is 1. The molecular weight excluding hydrogens is 338 g/mol. The van der Waals surface area contributed by atoms with Crippen LogP contribution in [-0.2, 0) is 11.2 Å². The predicted molar refractivity (Wildman–Crippen MR) is 81.2 cm³/mol. The zero-order valence-corrected chi connectivity index (χ0v) is 13.2. The monoisotopic (exact) mass is 349 g/mol. The summed E-state index contributed by atoms with van der Waals surface area (Å²) in [5.41, 5.74) is 1.49. The van der Waals surface area contributed by atoms with E-state index in [0.29, 0.717) is 0 Å². The molecule has 4 nitrogen and oxygen atoms in total. The number of nitrogens with one attached hydrogen (secondary N) is 1. The summed E-state index contributed by atoms with van der Waals surface area (Å²) in [6.45, 7) is 1.89. The van der Waals surface area contributed by atoms with Gasteiger partial charge in [0.05, 0.1) is 23.2 Å². The van der Waals surface area contributed by atoms with Crippen molar-refractivity contribution in [1.82, 2.24) is 10.3 Å². The number of hydrogen-bond donors (Lipinski definition) is 1. The highest BCUT2D eigenvalue weighted by Crippen LogP contribution is 2.18. The van der Waals surface area contributed by atoms with Gasteiger partial charge in [-0.3, -0.25) is 4.79 Å². The number of benzene rings is 1. The number of nitriles is 1. The molecule has 1 heterocycles. The molecule has 1 aromatic heterocycles. The summed E-state index contributed by atoms with van der Waals surface area (Å²) in [5.74, 6) is -0.207. The number of carbonyl (C=O) groups excluding carboxylic acids is 1. The van der Waals surface area contributed by atoms with Crippen molar-refractivity contribution in [2.24, 2.45) is 0 Å². The molecule has 20 heavy (non-hydrogen) atoms. The first-order chi connectivity index (χ1) is 9.58. The zero-order chi connectivity index (χ0) is 14.5. The minimum absolute atomic E-state index is 0.191. The van der Waals surface area contributed by atoms with Crippen LogP contribution in [-0.4, -0.2) is 10.9 Å². The van der Waals surface area contributed by atoms with E-state index in [4.69, 9.17) is 0 Å². The molecule has 102 valence electrons. The molecule has 0 aliphatic rings. The summed E-state index contributed by atoms with van der Waals surface area (Å²) < 4.78 is 0.875. The van der Waals surface area contributed by atoms with E-state index in [-0.39, 0.29) is 12.3 Å². The molecule has 0 aliphatic heterocycles. The molecule has 0 fully saturated rings. The van der Waals surface area contributed by atoms with Crippen LogP contribution in [0.4, 0.5) is 0 Å². The molecule has 0 bridgehead atoms. The molecule has 1 N–H and O–H groups in total. The van der Waals surface area contributed by atoms with Gasteiger partial charge < -0.3 is 5.32 Å². The number of aryl methyl sites for hydroxylation is 1. The normalized spacial score (nSPS) is 11.7. The van der Waals surface area contributed by atoms with Crippen LogP contribution in [0.3, 0.4) is 0 Å². The fourth-order valence-electron chi connectivity index (χ4n) is 1.74. The second-order valence-corrected chi connectivity index (χ2v) is 6.20. The second-order valence-electron chi connectivity index (χ2n) is 4.22.